The molecule has 62 heavy (non-hydrogen) atoms. The number of anilines is 3. The number of benzene rings is 10. The summed E-state index contributed by atoms with van der Waals surface area (Å²) in [5.41, 5.74) is 25.8. The molecule has 0 bridgehead atoms. The van der Waals surface area contributed by atoms with E-state index in [4.69, 9.17) is 0 Å². The molecule has 1 nitrogen and oxygen atoms in total. The standard InChI is InChI=1S/C61H39N/c1-2-18-40(19-3-1)43-20-13-17-33-60(43)62(41-34-36-50-48-25-7-6-23-46(48)44-21-4-5-22-45(44)47-24-8-9-26-49(47)54(50)38-41)42-35-37-59-55(39-42)53-29-12-16-32-58(53)61(59)56-30-14-10-27-51(56)52-28-11-15-31-57(52)61/h1-39H. The molecule has 0 atom stereocenters. The van der Waals surface area contributed by atoms with Crippen LogP contribution in [0.25, 0.3) is 77.9 Å². The Bertz CT molecular complexity index is 3380. The van der Waals surface area contributed by atoms with Crippen molar-refractivity contribution in [1.82, 2.24) is 0 Å². The van der Waals surface area contributed by atoms with E-state index in [1.807, 2.05) is 0 Å². The summed E-state index contributed by atoms with van der Waals surface area (Å²) < 4.78 is 0. The minimum absolute atomic E-state index is 0.402. The maximum Gasteiger partial charge on any atom is 0.0725 e. The van der Waals surface area contributed by atoms with Crippen molar-refractivity contribution < 1.29 is 0 Å². The maximum absolute atomic E-state index is 2.49. The summed E-state index contributed by atoms with van der Waals surface area (Å²) in [5, 5.41) is 0. The predicted molar refractivity (Wildman–Crippen MR) is 258 cm³/mol. The lowest BCUT2D eigenvalue weighted by Crippen LogP contribution is -2.25. The summed E-state index contributed by atoms with van der Waals surface area (Å²) in [4.78, 5) is 2.49. The van der Waals surface area contributed by atoms with Gasteiger partial charge in [0.05, 0.1) is 11.1 Å². The molecular formula is C61H39N. The van der Waals surface area contributed by atoms with Crippen molar-refractivity contribution in [2.24, 2.45) is 0 Å². The minimum atomic E-state index is -0.402. The Labute approximate surface area is 362 Å². The Morgan fingerprint density at radius 3 is 1.08 bits per heavy atom. The van der Waals surface area contributed by atoms with Crippen LogP contribution in [0.2, 0.25) is 0 Å². The van der Waals surface area contributed by atoms with Crippen LogP contribution in [0.4, 0.5) is 17.1 Å². The third kappa shape index (κ3) is 4.85. The highest BCUT2D eigenvalue weighted by Crippen LogP contribution is 2.63. The topological polar surface area (TPSA) is 3.24 Å². The van der Waals surface area contributed by atoms with Gasteiger partial charge in [-0.05, 0) is 125 Å². The summed E-state index contributed by atoms with van der Waals surface area (Å²) in [7, 11) is 0. The first-order valence-corrected chi connectivity index (χ1v) is 21.6. The second kappa shape index (κ2) is 13.5. The summed E-state index contributed by atoms with van der Waals surface area (Å²) in [6.45, 7) is 0. The summed E-state index contributed by atoms with van der Waals surface area (Å²) in [6.07, 6.45) is 0. The Morgan fingerprint density at radius 2 is 0.565 bits per heavy atom. The van der Waals surface area contributed by atoms with E-state index in [0.717, 1.165) is 17.1 Å². The average molecular weight is 786 g/mol. The Hall–Kier alpha value is -8.00. The molecule has 10 aromatic carbocycles. The van der Waals surface area contributed by atoms with Crippen molar-refractivity contribution in [2.45, 2.75) is 5.41 Å². The van der Waals surface area contributed by atoms with Crippen LogP contribution < -0.4 is 4.90 Å². The zero-order valence-corrected chi connectivity index (χ0v) is 34.0. The Balaban J connectivity index is 1.08. The predicted octanol–water partition coefficient (Wildman–Crippen LogP) is 16.1. The summed E-state index contributed by atoms with van der Waals surface area (Å²) in [6, 6.07) is 88.0. The molecule has 1 spiro atoms. The lowest BCUT2D eigenvalue weighted by Gasteiger charge is -2.32. The molecule has 0 heterocycles. The fourth-order valence-electron chi connectivity index (χ4n) is 11.2. The average Bonchev–Trinajstić information content (AvgIpc) is 3.81. The zero-order chi connectivity index (χ0) is 40.8. The molecule has 3 aliphatic rings. The molecule has 0 aromatic heterocycles. The second-order valence-electron chi connectivity index (χ2n) is 16.7. The van der Waals surface area contributed by atoms with Crippen LogP contribution in [0.5, 0.6) is 0 Å². The molecule has 0 amide bonds. The molecule has 0 radical (unpaired) electrons. The largest absolute Gasteiger partial charge is 0.310 e. The third-order valence-electron chi connectivity index (χ3n) is 13.7. The van der Waals surface area contributed by atoms with E-state index in [1.165, 1.54) is 100 Å². The van der Waals surface area contributed by atoms with Gasteiger partial charge in [0.25, 0.3) is 0 Å². The maximum atomic E-state index is 2.49. The van der Waals surface area contributed by atoms with E-state index in [0.29, 0.717) is 0 Å². The van der Waals surface area contributed by atoms with Crippen LogP contribution in [0.3, 0.4) is 0 Å². The molecular weight excluding hydrogens is 747 g/mol. The molecule has 0 saturated carbocycles. The first-order valence-electron chi connectivity index (χ1n) is 21.6. The highest BCUT2D eigenvalue weighted by Gasteiger charge is 2.51. The zero-order valence-electron chi connectivity index (χ0n) is 34.0. The van der Waals surface area contributed by atoms with Gasteiger partial charge in [-0.15, -0.1) is 0 Å². The second-order valence-corrected chi connectivity index (χ2v) is 16.7. The summed E-state index contributed by atoms with van der Waals surface area (Å²) >= 11 is 0. The van der Waals surface area contributed by atoms with E-state index < -0.39 is 5.41 Å². The van der Waals surface area contributed by atoms with Crippen LogP contribution in [-0.2, 0) is 5.41 Å². The van der Waals surface area contributed by atoms with Gasteiger partial charge in [0.2, 0.25) is 0 Å². The highest BCUT2D eigenvalue weighted by molar-refractivity contribution is 6.05. The van der Waals surface area contributed by atoms with Crippen molar-refractivity contribution in [3.63, 3.8) is 0 Å². The van der Waals surface area contributed by atoms with Crippen LogP contribution in [-0.4, -0.2) is 0 Å². The minimum Gasteiger partial charge on any atom is -0.310 e. The lowest BCUT2D eigenvalue weighted by molar-refractivity contribution is 0.794. The summed E-state index contributed by atoms with van der Waals surface area (Å²) in [5.74, 6) is 0. The van der Waals surface area contributed by atoms with Gasteiger partial charge in [-0.3, -0.25) is 0 Å². The van der Waals surface area contributed by atoms with Crippen LogP contribution in [0, 0.1) is 0 Å². The fraction of sp³-hybridized carbons (Fsp3) is 0.0164. The van der Waals surface area contributed by atoms with Gasteiger partial charge >= 0.3 is 0 Å². The van der Waals surface area contributed by atoms with Gasteiger partial charge < -0.3 is 4.90 Å². The van der Waals surface area contributed by atoms with Gasteiger partial charge in [-0.25, -0.2) is 0 Å². The normalized spacial score (nSPS) is 13.0. The van der Waals surface area contributed by atoms with E-state index in [1.54, 1.807) is 0 Å². The molecule has 3 aliphatic carbocycles. The smallest absolute Gasteiger partial charge is 0.0725 e. The van der Waals surface area contributed by atoms with Crippen LogP contribution >= 0.6 is 0 Å². The molecule has 0 aliphatic heterocycles. The van der Waals surface area contributed by atoms with Crippen LogP contribution in [0.1, 0.15) is 22.3 Å². The van der Waals surface area contributed by atoms with Gasteiger partial charge in [-0.2, -0.15) is 0 Å². The van der Waals surface area contributed by atoms with Crippen LogP contribution in [0.15, 0.2) is 237 Å². The quantitative estimate of drug-likeness (QED) is 0.172. The third-order valence-corrected chi connectivity index (χ3v) is 13.7. The number of rotatable bonds is 4. The SMILES string of the molecule is c1ccc(-c2ccccc2N(c2ccc3c(c2)-c2ccccc2-c2ccccc2-c2ccccc2-3)c2ccc3c(c2)-c2ccccc2C32c3ccccc3-c3ccccc32)cc1. The first kappa shape index (κ1) is 34.8. The lowest BCUT2D eigenvalue weighted by atomic mass is 9.70. The molecule has 0 saturated heterocycles. The van der Waals surface area contributed by atoms with Gasteiger partial charge in [0.15, 0.2) is 0 Å². The highest BCUT2D eigenvalue weighted by atomic mass is 15.1. The van der Waals surface area contributed by atoms with Crippen molar-refractivity contribution >= 4 is 17.1 Å². The molecule has 0 unspecified atom stereocenters. The number of para-hydroxylation sites is 1. The molecule has 288 valence electrons. The van der Waals surface area contributed by atoms with E-state index in [-0.39, 0.29) is 0 Å². The number of hydrogen-bond donors (Lipinski definition) is 0. The van der Waals surface area contributed by atoms with Crippen molar-refractivity contribution in [2.75, 3.05) is 4.90 Å². The fourth-order valence-corrected chi connectivity index (χ4v) is 11.2. The van der Waals surface area contributed by atoms with Crippen molar-refractivity contribution in [3.05, 3.63) is 259 Å². The molecule has 0 N–H and O–H groups in total. The van der Waals surface area contributed by atoms with Crippen molar-refractivity contribution in [3.8, 4) is 77.9 Å². The molecule has 0 fully saturated rings. The van der Waals surface area contributed by atoms with Gasteiger partial charge in [0.1, 0.15) is 0 Å². The van der Waals surface area contributed by atoms with E-state index >= 15 is 0 Å². The van der Waals surface area contributed by atoms with E-state index in [9.17, 15) is 0 Å². The molecule has 10 aromatic rings. The van der Waals surface area contributed by atoms with Gasteiger partial charge in [0, 0.05) is 16.9 Å². The Kier molecular flexibility index (Phi) is 7.59. The molecule has 13 rings (SSSR count). The van der Waals surface area contributed by atoms with E-state index in [2.05, 4.69) is 241 Å². The Morgan fingerprint density at radius 1 is 0.226 bits per heavy atom. The van der Waals surface area contributed by atoms with Crippen molar-refractivity contribution in [1.29, 1.82) is 0 Å². The number of hydrogen-bond acceptors (Lipinski definition) is 1. The van der Waals surface area contributed by atoms with Gasteiger partial charge in [-0.1, -0.05) is 206 Å². The first-order chi connectivity index (χ1) is 30.8. The monoisotopic (exact) mass is 785 g/mol. The number of nitrogens with zero attached hydrogens (tertiary/aromatic N) is 1. The number of fused-ring (bicyclic) bond motifs is 18. The molecule has 1 heteroatoms.